The highest BCUT2D eigenvalue weighted by Crippen LogP contribution is 2.18. The highest BCUT2D eigenvalue weighted by Gasteiger charge is 2.13. The number of halogens is 1. The zero-order valence-corrected chi connectivity index (χ0v) is 18.4. The van der Waals surface area contributed by atoms with Crippen molar-refractivity contribution in [1.82, 2.24) is 4.90 Å². The first-order chi connectivity index (χ1) is 14.3. The summed E-state index contributed by atoms with van der Waals surface area (Å²) < 4.78 is 0. The number of rotatable bonds is 6. The molecule has 3 rings (SSSR count). The SMILES string of the molecule is Cc1cc(C)cc(NC(=S)N(Cc2ccc(Cl)cc2)Cc2ccc(C(=O)[O-])cc2)c1. The summed E-state index contributed by atoms with van der Waals surface area (Å²) in [7, 11) is 0. The van der Waals surface area contributed by atoms with E-state index in [2.05, 4.69) is 23.5 Å². The third-order valence-corrected chi connectivity index (χ3v) is 5.22. The smallest absolute Gasteiger partial charge is 0.174 e. The molecule has 0 atom stereocenters. The third-order valence-electron chi connectivity index (χ3n) is 4.61. The third kappa shape index (κ3) is 6.05. The van der Waals surface area contributed by atoms with Gasteiger partial charge in [-0.1, -0.05) is 54.1 Å². The maximum absolute atomic E-state index is 11.0. The number of thiocarbonyl (C=S) groups is 1. The van der Waals surface area contributed by atoms with Crippen molar-refractivity contribution in [2.75, 3.05) is 5.32 Å². The second-order valence-electron chi connectivity index (χ2n) is 7.27. The van der Waals surface area contributed by atoms with Crippen LogP contribution in [0.25, 0.3) is 0 Å². The van der Waals surface area contributed by atoms with Gasteiger partial charge in [0.1, 0.15) is 0 Å². The van der Waals surface area contributed by atoms with Crippen LogP contribution in [0.1, 0.15) is 32.6 Å². The predicted molar refractivity (Wildman–Crippen MR) is 124 cm³/mol. The number of nitrogens with zero attached hydrogens (tertiary/aromatic N) is 1. The van der Waals surface area contributed by atoms with Crippen molar-refractivity contribution in [3.05, 3.63) is 99.6 Å². The number of carboxylic acid groups (broad SMARTS) is 1. The monoisotopic (exact) mass is 437 g/mol. The largest absolute Gasteiger partial charge is 0.545 e. The molecule has 0 radical (unpaired) electrons. The summed E-state index contributed by atoms with van der Waals surface area (Å²) in [5.41, 5.74) is 5.41. The fraction of sp³-hybridized carbons (Fsp3) is 0.167. The minimum atomic E-state index is -1.19. The molecule has 0 aliphatic heterocycles. The summed E-state index contributed by atoms with van der Waals surface area (Å²) in [4.78, 5) is 13.0. The van der Waals surface area contributed by atoms with Crippen LogP contribution in [0, 0.1) is 13.8 Å². The molecule has 0 fully saturated rings. The van der Waals surface area contributed by atoms with Crippen molar-refractivity contribution >= 4 is 40.6 Å². The molecule has 6 heteroatoms. The topological polar surface area (TPSA) is 55.4 Å². The van der Waals surface area contributed by atoms with E-state index in [4.69, 9.17) is 23.8 Å². The first kappa shape index (κ1) is 21.8. The standard InChI is InChI=1S/C24H23ClN2O2S/c1-16-11-17(2)13-22(12-16)26-24(30)27(15-19-5-9-21(25)10-6-19)14-18-3-7-20(8-4-18)23(28)29/h3-13H,14-15H2,1-2H3,(H,26,30)(H,28,29)/p-1. The van der Waals surface area contributed by atoms with Crippen molar-refractivity contribution in [3.63, 3.8) is 0 Å². The number of aryl methyl sites for hydroxylation is 2. The number of carboxylic acids is 1. The lowest BCUT2D eigenvalue weighted by Gasteiger charge is -2.26. The van der Waals surface area contributed by atoms with E-state index in [0.717, 1.165) is 27.9 Å². The molecule has 1 N–H and O–H groups in total. The van der Waals surface area contributed by atoms with Gasteiger partial charge < -0.3 is 20.1 Å². The van der Waals surface area contributed by atoms with Crippen LogP contribution < -0.4 is 10.4 Å². The highest BCUT2D eigenvalue weighted by molar-refractivity contribution is 7.80. The van der Waals surface area contributed by atoms with E-state index < -0.39 is 5.97 Å². The molecule has 0 amide bonds. The molecule has 0 aliphatic rings. The number of carbonyl (C=O) groups excluding carboxylic acids is 1. The second kappa shape index (κ2) is 9.74. The van der Waals surface area contributed by atoms with Gasteiger partial charge in [-0.05, 0) is 78.1 Å². The normalized spacial score (nSPS) is 10.5. The van der Waals surface area contributed by atoms with E-state index in [0.29, 0.717) is 23.2 Å². The number of aromatic carboxylic acids is 1. The average Bonchev–Trinajstić information content (AvgIpc) is 2.68. The van der Waals surface area contributed by atoms with Crippen molar-refractivity contribution in [2.24, 2.45) is 0 Å². The summed E-state index contributed by atoms with van der Waals surface area (Å²) in [6.07, 6.45) is 0. The van der Waals surface area contributed by atoms with Gasteiger partial charge in [-0.2, -0.15) is 0 Å². The summed E-state index contributed by atoms with van der Waals surface area (Å²) >= 11 is 11.7. The number of hydrogen-bond donors (Lipinski definition) is 1. The number of nitrogens with one attached hydrogen (secondary N) is 1. The first-order valence-corrected chi connectivity index (χ1v) is 10.3. The molecule has 0 spiro atoms. The Balaban J connectivity index is 1.82. The Hall–Kier alpha value is -2.89. The minimum absolute atomic E-state index is 0.152. The highest BCUT2D eigenvalue weighted by atomic mass is 35.5. The maximum atomic E-state index is 11.0. The molecule has 30 heavy (non-hydrogen) atoms. The van der Waals surface area contributed by atoms with Gasteiger partial charge in [0.2, 0.25) is 0 Å². The Bertz CT molecular complexity index is 1030. The van der Waals surface area contributed by atoms with E-state index in [-0.39, 0.29) is 5.56 Å². The van der Waals surface area contributed by atoms with Crippen molar-refractivity contribution < 1.29 is 9.90 Å². The van der Waals surface area contributed by atoms with Gasteiger partial charge in [-0.25, -0.2) is 0 Å². The number of benzene rings is 3. The Morgan fingerprint density at radius 1 is 0.933 bits per heavy atom. The molecule has 3 aromatic rings. The van der Waals surface area contributed by atoms with Gasteiger partial charge in [0.05, 0.1) is 5.97 Å². The molecule has 0 aromatic heterocycles. The van der Waals surface area contributed by atoms with E-state index in [1.165, 1.54) is 0 Å². The Morgan fingerprint density at radius 3 is 1.93 bits per heavy atom. The van der Waals surface area contributed by atoms with Gasteiger partial charge in [0, 0.05) is 23.8 Å². The summed E-state index contributed by atoms with van der Waals surface area (Å²) in [6.45, 7) is 5.19. The molecule has 0 aliphatic carbocycles. The van der Waals surface area contributed by atoms with Crippen LogP contribution in [0.2, 0.25) is 5.02 Å². The molecule has 3 aromatic carbocycles. The summed E-state index contributed by atoms with van der Waals surface area (Å²) in [5.74, 6) is -1.19. The van der Waals surface area contributed by atoms with Gasteiger partial charge in [0.25, 0.3) is 0 Å². The van der Waals surface area contributed by atoms with Gasteiger partial charge >= 0.3 is 0 Å². The molecule has 4 nitrogen and oxygen atoms in total. The van der Waals surface area contributed by atoms with Crippen molar-refractivity contribution in [2.45, 2.75) is 26.9 Å². The average molecular weight is 438 g/mol. The summed E-state index contributed by atoms with van der Waals surface area (Å²) in [6, 6.07) is 20.5. The van der Waals surface area contributed by atoms with Gasteiger partial charge in [0.15, 0.2) is 5.11 Å². The lowest BCUT2D eigenvalue weighted by atomic mass is 10.1. The maximum Gasteiger partial charge on any atom is 0.174 e. The fourth-order valence-corrected chi connectivity index (χ4v) is 3.60. The van der Waals surface area contributed by atoms with Crippen LogP contribution in [0.4, 0.5) is 5.69 Å². The Morgan fingerprint density at radius 2 is 1.43 bits per heavy atom. The van der Waals surface area contributed by atoms with Crippen LogP contribution in [0.3, 0.4) is 0 Å². The molecule has 0 heterocycles. The molecule has 0 unspecified atom stereocenters. The first-order valence-electron chi connectivity index (χ1n) is 9.49. The predicted octanol–water partition coefficient (Wildman–Crippen LogP) is 4.72. The van der Waals surface area contributed by atoms with Gasteiger partial charge in [-0.3, -0.25) is 0 Å². The number of carbonyl (C=O) groups is 1. The number of anilines is 1. The van der Waals surface area contributed by atoms with E-state index >= 15 is 0 Å². The second-order valence-corrected chi connectivity index (χ2v) is 8.10. The molecular weight excluding hydrogens is 416 g/mol. The zero-order valence-electron chi connectivity index (χ0n) is 16.8. The molecule has 0 bridgehead atoms. The quantitative estimate of drug-likeness (QED) is 0.565. The Kier molecular flexibility index (Phi) is 7.08. The van der Waals surface area contributed by atoms with Crippen LogP contribution >= 0.6 is 23.8 Å². The van der Waals surface area contributed by atoms with Crippen LogP contribution in [0.5, 0.6) is 0 Å². The van der Waals surface area contributed by atoms with E-state index in [9.17, 15) is 9.90 Å². The molecule has 0 saturated carbocycles. The van der Waals surface area contributed by atoms with Crippen LogP contribution in [-0.2, 0) is 13.1 Å². The van der Waals surface area contributed by atoms with E-state index in [1.54, 1.807) is 24.3 Å². The van der Waals surface area contributed by atoms with Crippen LogP contribution in [0.15, 0.2) is 66.7 Å². The van der Waals surface area contributed by atoms with Crippen molar-refractivity contribution in [1.29, 1.82) is 0 Å². The molecule has 0 saturated heterocycles. The van der Waals surface area contributed by atoms with Crippen LogP contribution in [-0.4, -0.2) is 16.0 Å². The van der Waals surface area contributed by atoms with Gasteiger partial charge in [-0.15, -0.1) is 0 Å². The van der Waals surface area contributed by atoms with E-state index in [1.807, 2.05) is 43.0 Å². The fourth-order valence-electron chi connectivity index (χ4n) is 3.23. The number of hydrogen-bond acceptors (Lipinski definition) is 3. The van der Waals surface area contributed by atoms with Crippen molar-refractivity contribution in [3.8, 4) is 0 Å². The zero-order chi connectivity index (χ0) is 21.7. The lowest BCUT2D eigenvalue weighted by Crippen LogP contribution is -2.34. The molecule has 154 valence electrons. The minimum Gasteiger partial charge on any atom is -0.545 e. The lowest BCUT2D eigenvalue weighted by molar-refractivity contribution is -0.255. The summed E-state index contributed by atoms with van der Waals surface area (Å²) in [5, 5.41) is 15.6. The molecular formula is C24H22ClN2O2S-. The Labute approximate surface area is 187 Å².